The first kappa shape index (κ1) is 24.3. The fourth-order valence-electron chi connectivity index (χ4n) is 2.78. The highest BCUT2D eigenvalue weighted by atomic mass is 32.2. The number of ether oxygens (including phenoxy) is 2. The second kappa shape index (κ2) is 11.4. The van der Waals surface area contributed by atoms with Crippen LogP contribution in [-0.2, 0) is 25.9 Å². The number of carbonyl (C=O) groups is 2. The molecule has 0 aromatic heterocycles. The molecule has 0 heterocycles. The van der Waals surface area contributed by atoms with Gasteiger partial charge in [-0.15, -0.1) is 0 Å². The molecule has 2 aromatic rings. The van der Waals surface area contributed by atoms with Gasteiger partial charge >= 0.3 is 12.0 Å². The van der Waals surface area contributed by atoms with E-state index < -0.39 is 22.0 Å². The maximum atomic E-state index is 12.4. The molecule has 0 atom stereocenters. The fourth-order valence-corrected chi connectivity index (χ4v) is 3.79. The molecule has 0 aliphatic rings. The predicted octanol–water partition coefficient (Wildman–Crippen LogP) is 2.61. The molecule has 167 valence electrons. The normalized spacial score (nSPS) is 11.2. The van der Waals surface area contributed by atoms with Gasteiger partial charge in [-0.25, -0.2) is 22.7 Å². The number of hydrogen-bond acceptors (Lipinski definition) is 6. The van der Waals surface area contributed by atoms with E-state index in [4.69, 9.17) is 9.47 Å². The van der Waals surface area contributed by atoms with Crippen LogP contribution in [0.2, 0.25) is 0 Å². The Morgan fingerprint density at radius 1 is 1.06 bits per heavy atom. The lowest BCUT2D eigenvalue weighted by atomic mass is 10.0. The zero-order chi connectivity index (χ0) is 22.9. The first-order valence-electron chi connectivity index (χ1n) is 9.45. The van der Waals surface area contributed by atoms with Crippen LogP contribution in [0.1, 0.15) is 21.5 Å². The molecule has 0 saturated heterocycles. The SMILES string of the molecule is [CH2]COCCOCCc1c(NC(=O)NS(=O)(=O)c2cccc(C)c2)cccc1C(=O)O. The summed E-state index contributed by atoms with van der Waals surface area (Å²) < 4.78 is 37.3. The molecule has 1 radical (unpaired) electrons. The van der Waals surface area contributed by atoms with Gasteiger partial charge in [0.15, 0.2) is 0 Å². The van der Waals surface area contributed by atoms with Crippen molar-refractivity contribution in [2.45, 2.75) is 18.2 Å². The van der Waals surface area contributed by atoms with Crippen LogP contribution in [0.25, 0.3) is 0 Å². The second-order valence-electron chi connectivity index (χ2n) is 6.49. The Balaban J connectivity index is 2.13. The molecule has 2 amide bonds. The average Bonchev–Trinajstić information content (AvgIpc) is 2.70. The summed E-state index contributed by atoms with van der Waals surface area (Å²) in [6.07, 6.45) is 0.188. The number of hydrogen-bond donors (Lipinski definition) is 3. The third-order valence-electron chi connectivity index (χ3n) is 4.19. The Morgan fingerprint density at radius 3 is 2.45 bits per heavy atom. The van der Waals surface area contributed by atoms with Crippen LogP contribution in [0, 0.1) is 13.8 Å². The Bertz CT molecular complexity index is 1020. The lowest BCUT2D eigenvalue weighted by Crippen LogP contribution is -2.34. The number of carbonyl (C=O) groups excluding carboxylic acids is 1. The van der Waals surface area contributed by atoms with Crippen molar-refractivity contribution in [1.82, 2.24) is 4.72 Å². The summed E-state index contributed by atoms with van der Waals surface area (Å²) in [7, 11) is -4.09. The van der Waals surface area contributed by atoms with Gasteiger partial charge in [0.1, 0.15) is 0 Å². The summed E-state index contributed by atoms with van der Waals surface area (Å²) in [4.78, 5) is 23.9. The summed E-state index contributed by atoms with van der Waals surface area (Å²) in [5, 5.41) is 11.9. The molecule has 0 spiro atoms. The molecule has 31 heavy (non-hydrogen) atoms. The third kappa shape index (κ3) is 7.35. The number of amides is 2. The van der Waals surface area contributed by atoms with Crippen LogP contribution in [0.3, 0.4) is 0 Å². The Labute approximate surface area is 181 Å². The minimum absolute atomic E-state index is 0.0167. The molecule has 10 heteroatoms. The maximum Gasteiger partial charge on any atom is 0.336 e. The predicted molar refractivity (Wildman–Crippen MR) is 115 cm³/mol. The van der Waals surface area contributed by atoms with Crippen molar-refractivity contribution < 1.29 is 32.6 Å². The van der Waals surface area contributed by atoms with Crippen molar-refractivity contribution in [3.63, 3.8) is 0 Å². The summed E-state index contributed by atoms with van der Waals surface area (Å²) in [6, 6.07) is 9.45. The van der Waals surface area contributed by atoms with Gasteiger partial charge in [0, 0.05) is 12.3 Å². The largest absolute Gasteiger partial charge is 0.478 e. The number of nitrogens with one attached hydrogen (secondary N) is 2. The Kier molecular flexibility index (Phi) is 8.98. The standard InChI is InChI=1S/C21H25N2O7S/c1-3-29-12-13-30-11-10-17-18(20(24)25)8-5-9-19(17)22-21(26)23-31(27,28)16-7-4-6-15(2)14-16/h4-9,14H,1,3,10-13H2,2H3,(H,24,25)(H2,22,23,26). The summed E-state index contributed by atoms with van der Waals surface area (Å²) in [5.41, 5.74) is 1.20. The average molecular weight is 450 g/mol. The van der Waals surface area contributed by atoms with Crippen LogP contribution in [0.4, 0.5) is 10.5 Å². The fraction of sp³-hybridized carbons (Fsp3) is 0.286. The van der Waals surface area contributed by atoms with E-state index in [1.165, 1.54) is 30.3 Å². The number of carboxylic acids is 1. The number of sulfonamides is 1. The van der Waals surface area contributed by atoms with Crippen molar-refractivity contribution in [1.29, 1.82) is 0 Å². The molecule has 3 N–H and O–H groups in total. The quantitative estimate of drug-likeness (QED) is 0.449. The number of aromatic carboxylic acids is 1. The molecule has 0 fully saturated rings. The van der Waals surface area contributed by atoms with Crippen molar-refractivity contribution in [2.75, 3.05) is 31.7 Å². The van der Waals surface area contributed by atoms with E-state index in [2.05, 4.69) is 12.2 Å². The van der Waals surface area contributed by atoms with Crippen LogP contribution in [0.5, 0.6) is 0 Å². The van der Waals surface area contributed by atoms with E-state index >= 15 is 0 Å². The number of anilines is 1. The van der Waals surface area contributed by atoms with E-state index in [-0.39, 0.29) is 29.2 Å². The van der Waals surface area contributed by atoms with Crippen molar-refractivity contribution in [2.24, 2.45) is 0 Å². The third-order valence-corrected chi connectivity index (χ3v) is 5.52. The first-order valence-corrected chi connectivity index (χ1v) is 10.9. The number of rotatable bonds is 11. The summed E-state index contributed by atoms with van der Waals surface area (Å²) in [6.45, 7) is 6.44. The number of benzene rings is 2. The van der Waals surface area contributed by atoms with Gasteiger partial charge in [0.05, 0.1) is 30.3 Å². The Hall–Kier alpha value is -2.95. The van der Waals surface area contributed by atoms with E-state index in [9.17, 15) is 23.1 Å². The molecule has 0 bridgehead atoms. The van der Waals surface area contributed by atoms with Crippen molar-refractivity contribution in [3.05, 3.63) is 66.1 Å². The minimum Gasteiger partial charge on any atom is -0.478 e. The van der Waals surface area contributed by atoms with Gasteiger partial charge in [-0.3, -0.25) is 0 Å². The minimum atomic E-state index is -4.09. The van der Waals surface area contributed by atoms with Crippen LogP contribution in [0.15, 0.2) is 47.4 Å². The molecule has 0 saturated carbocycles. The molecule has 2 rings (SSSR count). The van der Waals surface area contributed by atoms with Crippen LogP contribution in [-0.4, -0.2) is 52.0 Å². The molecular formula is C21H25N2O7S. The van der Waals surface area contributed by atoms with Crippen molar-refractivity contribution >= 4 is 27.7 Å². The highest BCUT2D eigenvalue weighted by Crippen LogP contribution is 2.21. The van der Waals surface area contributed by atoms with Crippen molar-refractivity contribution in [3.8, 4) is 0 Å². The highest BCUT2D eigenvalue weighted by Gasteiger charge is 2.20. The second-order valence-corrected chi connectivity index (χ2v) is 8.17. The van der Waals surface area contributed by atoms with Gasteiger partial charge in [0.25, 0.3) is 10.0 Å². The van der Waals surface area contributed by atoms with E-state index in [0.29, 0.717) is 25.4 Å². The summed E-state index contributed by atoms with van der Waals surface area (Å²) in [5.74, 6) is -1.17. The molecule has 0 unspecified atom stereocenters. The van der Waals surface area contributed by atoms with E-state index in [1.54, 1.807) is 19.1 Å². The molecule has 0 aliphatic carbocycles. The van der Waals surface area contributed by atoms with E-state index in [0.717, 1.165) is 5.56 Å². The molecule has 9 nitrogen and oxygen atoms in total. The van der Waals surface area contributed by atoms with Gasteiger partial charge < -0.3 is 19.9 Å². The number of urea groups is 1. The van der Waals surface area contributed by atoms with Gasteiger partial charge in [0.2, 0.25) is 0 Å². The zero-order valence-corrected chi connectivity index (χ0v) is 17.9. The Morgan fingerprint density at radius 2 is 1.77 bits per heavy atom. The number of carboxylic acid groups (broad SMARTS) is 1. The van der Waals surface area contributed by atoms with Gasteiger partial charge in [-0.05, 0) is 55.7 Å². The molecule has 0 aliphatic heterocycles. The monoisotopic (exact) mass is 449 g/mol. The van der Waals surface area contributed by atoms with Gasteiger partial charge in [-0.1, -0.05) is 18.2 Å². The van der Waals surface area contributed by atoms with Crippen LogP contribution >= 0.6 is 0 Å². The highest BCUT2D eigenvalue weighted by molar-refractivity contribution is 7.90. The van der Waals surface area contributed by atoms with Crippen LogP contribution < -0.4 is 10.0 Å². The molecule has 2 aromatic carbocycles. The lowest BCUT2D eigenvalue weighted by molar-refractivity contribution is 0.0588. The molecular weight excluding hydrogens is 424 g/mol. The first-order chi connectivity index (χ1) is 14.7. The van der Waals surface area contributed by atoms with E-state index in [1.807, 2.05) is 4.72 Å². The zero-order valence-electron chi connectivity index (χ0n) is 17.1. The topological polar surface area (TPSA) is 131 Å². The number of aryl methyl sites for hydroxylation is 1. The smallest absolute Gasteiger partial charge is 0.336 e. The van der Waals surface area contributed by atoms with Gasteiger partial charge in [-0.2, -0.15) is 0 Å². The summed E-state index contributed by atoms with van der Waals surface area (Å²) >= 11 is 0. The maximum absolute atomic E-state index is 12.4. The lowest BCUT2D eigenvalue weighted by Gasteiger charge is -2.15.